The molecule has 12 heteroatoms. The Hall–Kier alpha value is -4.22. The summed E-state index contributed by atoms with van der Waals surface area (Å²) in [6.07, 6.45) is 2.84. The molecule has 0 bridgehead atoms. The van der Waals surface area contributed by atoms with Gasteiger partial charge >= 0.3 is 5.97 Å². The van der Waals surface area contributed by atoms with Gasteiger partial charge in [-0.1, -0.05) is 23.7 Å². The van der Waals surface area contributed by atoms with Crippen molar-refractivity contribution >= 4 is 34.9 Å². The molecule has 0 aliphatic heterocycles. The Bertz CT molecular complexity index is 1730. The Labute approximate surface area is 252 Å². The second-order valence-electron chi connectivity index (χ2n) is 11.2. The number of aromatic nitrogens is 3. The van der Waals surface area contributed by atoms with Crippen LogP contribution in [-0.2, 0) is 17.7 Å². The minimum Gasteiger partial charge on any atom is -0.456 e. The van der Waals surface area contributed by atoms with Crippen molar-refractivity contribution in [2.24, 2.45) is 5.73 Å². The van der Waals surface area contributed by atoms with E-state index in [2.05, 4.69) is 15.4 Å². The van der Waals surface area contributed by atoms with E-state index < -0.39 is 28.9 Å². The van der Waals surface area contributed by atoms with E-state index in [1.165, 1.54) is 42.3 Å². The first kappa shape index (κ1) is 31.7. The van der Waals surface area contributed by atoms with Crippen molar-refractivity contribution in [3.63, 3.8) is 0 Å². The molecule has 0 unspecified atom stereocenters. The number of ketones is 1. The molecule has 226 valence electrons. The fraction of sp³-hybridized carbons (Fsp3) is 0.323. The van der Waals surface area contributed by atoms with Crippen molar-refractivity contribution in [2.75, 3.05) is 0 Å². The molecule has 2 heterocycles. The van der Waals surface area contributed by atoms with Crippen molar-refractivity contribution in [3.05, 3.63) is 98.5 Å². The maximum Gasteiger partial charge on any atom is 0.338 e. The quantitative estimate of drug-likeness (QED) is 0.219. The number of Topliss-reactive ketones (excluding diaryl/α,β-unsaturated/α-hetero) is 1. The number of nitrogens with two attached hydrogens (primary N) is 1. The van der Waals surface area contributed by atoms with Crippen LogP contribution in [0.5, 0.6) is 0 Å². The molecule has 1 amide bonds. The number of carbonyl (C=O) groups is 3. The van der Waals surface area contributed by atoms with Gasteiger partial charge in [-0.05, 0) is 87.1 Å². The third kappa shape index (κ3) is 7.23. The van der Waals surface area contributed by atoms with Crippen LogP contribution >= 0.6 is 11.6 Å². The molecule has 0 fully saturated rings. The Morgan fingerprint density at radius 3 is 2.51 bits per heavy atom. The van der Waals surface area contributed by atoms with E-state index in [0.717, 1.165) is 29.1 Å². The molecule has 0 saturated heterocycles. The molecular weight excluding hydrogens is 580 g/mol. The number of ether oxygens (including phenoxy) is 1. The molecule has 9 nitrogen and oxygen atoms in total. The molecule has 3 N–H and O–H groups in total. The van der Waals surface area contributed by atoms with Crippen molar-refractivity contribution in [2.45, 2.75) is 65.6 Å². The van der Waals surface area contributed by atoms with Crippen molar-refractivity contribution in [3.8, 4) is 0 Å². The minimum absolute atomic E-state index is 0.0314. The summed E-state index contributed by atoms with van der Waals surface area (Å²) in [5.41, 5.74) is 9.91. The Balaban J connectivity index is 0.000000208. The number of esters is 1. The van der Waals surface area contributed by atoms with Crippen LogP contribution in [-0.4, -0.2) is 37.9 Å². The van der Waals surface area contributed by atoms with E-state index in [1.54, 1.807) is 0 Å². The zero-order chi connectivity index (χ0) is 31.6. The number of fused-ring (bicyclic) bond motifs is 2. The van der Waals surface area contributed by atoms with Gasteiger partial charge in [-0.15, -0.1) is 0 Å². The number of hydrogen-bond donors (Lipinski definition) is 2. The molecule has 43 heavy (non-hydrogen) atoms. The third-order valence-electron chi connectivity index (χ3n) is 6.82. The number of hydrogen-bond acceptors (Lipinski definition) is 7. The highest BCUT2D eigenvalue weighted by Gasteiger charge is 2.26. The Morgan fingerprint density at radius 2 is 1.86 bits per heavy atom. The van der Waals surface area contributed by atoms with Gasteiger partial charge in [0.2, 0.25) is 0 Å². The highest BCUT2D eigenvalue weighted by molar-refractivity contribution is 6.30. The molecule has 2 aromatic carbocycles. The number of benzene rings is 2. The number of nitrogens with one attached hydrogen (secondary N) is 1. The first-order valence-corrected chi connectivity index (χ1v) is 13.9. The standard InChI is InChI=1S/C16H11ClF2N4O2.C15H21NO2/c1-8(24)14-5-13(22-15-12(19)7-21-23(14)15)16(25)20-6-9-2-3-11(18)10(17)4-9;1-9-10-7-8-13(16)12(10)6-5-11(9)14(17)18-15(2,3)4/h2-5,7H,6H2,1H3,(H,20,25);5-6,13H,7-8,16H2,1-4H3/t;13-/m.0/s1. The fourth-order valence-electron chi connectivity index (χ4n) is 4.69. The lowest BCUT2D eigenvalue weighted by Crippen LogP contribution is -2.25. The van der Waals surface area contributed by atoms with E-state index in [9.17, 15) is 23.2 Å². The summed E-state index contributed by atoms with van der Waals surface area (Å²) in [6.45, 7) is 8.95. The van der Waals surface area contributed by atoms with Crippen LogP contribution in [0.2, 0.25) is 5.02 Å². The van der Waals surface area contributed by atoms with E-state index in [0.29, 0.717) is 11.1 Å². The van der Waals surface area contributed by atoms with Gasteiger partial charge in [0.1, 0.15) is 22.8 Å². The van der Waals surface area contributed by atoms with Crippen LogP contribution in [0.3, 0.4) is 0 Å². The van der Waals surface area contributed by atoms with Gasteiger partial charge in [0.05, 0.1) is 16.8 Å². The van der Waals surface area contributed by atoms with Gasteiger partial charge in [-0.3, -0.25) is 9.59 Å². The predicted molar refractivity (Wildman–Crippen MR) is 157 cm³/mol. The average Bonchev–Trinajstić information content (AvgIpc) is 3.50. The zero-order valence-corrected chi connectivity index (χ0v) is 25.2. The maximum atomic E-state index is 13.7. The largest absolute Gasteiger partial charge is 0.456 e. The Morgan fingerprint density at radius 1 is 1.14 bits per heavy atom. The first-order valence-electron chi connectivity index (χ1n) is 13.5. The van der Waals surface area contributed by atoms with E-state index in [1.807, 2.05) is 39.8 Å². The van der Waals surface area contributed by atoms with Crippen LogP contribution in [0.1, 0.15) is 93.7 Å². The van der Waals surface area contributed by atoms with Gasteiger partial charge in [0.25, 0.3) is 5.91 Å². The Kier molecular flexibility index (Phi) is 9.26. The van der Waals surface area contributed by atoms with Crippen molar-refractivity contribution in [1.82, 2.24) is 19.9 Å². The highest BCUT2D eigenvalue weighted by atomic mass is 35.5. The van der Waals surface area contributed by atoms with Gasteiger partial charge in [-0.25, -0.2) is 23.1 Å². The molecule has 1 atom stereocenters. The van der Waals surface area contributed by atoms with Crippen LogP contribution in [0.15, 0.2) is 42.6 Å². The highest BCUT2D eigenvalue weighted by Crippen LogP contribution is 2.33. The lowest BCUT2D eigenvalue weighted by molar-refractivity contribution is 0.00683. The normalized spacial score (nSPS) is 14.1. The van der Waals surface area contributed by atoms with Gasteiger partial charge in [0.15, 0.2) is 17.2 Å². The molecule has 1 aliphatic carbocycles. The van der Waals surface area contributed by atoms with Gasteiger partial charge in [0, 0.05) is 19.5 Å². The smallest absolute Gasteiger partial charge is 0.338 e. The lowest BCUT2D eigenvalue weighted by atomic mass is 9.98. The molecule has 0 spiro atoms. The number of carbonyl (C=O) groups excluding carboxylic acids is 3. The summed E-state index contributed by atoms with van der Waals surface area (Å²) >= 11 is 5.68. The lowest BCUT2D eigenvalue weighted by Gasteiger charge is -2.21. The van der Waals surface area contributed by atoms with Crippen LogP contribution in [0.25, 0.3) is 5.65 Å². The average molecular weight is 612 g/mol. The first-order chi connectivity index (χ1) is 20.2. The van der Waals surface area contributed by atoms with Crippen molar-refractivity contribution < 1.29 is 27.9 Å². The summed E-state index contributed by atoms with van der Waals surface area (Å²) in [5.74, 6) is -2.57. The summed E-state index contributed by atoms with van der Waals surface area (Å²) in [4.78, 5) is 40.0. The molecule has 5 rings (SSSR count). The van der Waals surface area contributed by atoms with Crippen molar-refractivity contribution in [1.29, 1.82) is 0 Å². The molecular formula is C31H32ClF2N5O4. The number of amides is 1. The van der Waals surface area contributed by atoms with Gasteiger partial charge in [-0.2, -0.15) is 5.10 Å². The summed E-state index contributed by atoms with van der Waals surface area (Å²) < 4.78 is 33.3. The zero-order valence-electron chi connectivity index (χ0n) is 24.4. The topological polar surface area (TPSA) is 129 Å². The third-order valence-corrected chi connectivity index (χ3v) is 7.11. The molecule has 4 aromatic rings. The van der Waals surface area contributed by atoms with Gasteiger partial charge < -0.3 is 15.8 Å². The SMILES string of the molecule is CC(=O)c1cc(C(=O)NCc2ccc(F)c(Cl)c2)nc2c(F)cnn12.Cc1c(C(=O)OC(C)(C)C)ccc2c1CC[C@@H]2N. The van der Waals surface area contributed by atoms with Crippen LogP contribution in [0.4, 0.5) is 8.78 Å². The van der Waals surface area contributed by atoms with E-state index >= 15 is 0 Å². The predicted octanol–water partition coefficient (Wildman–Crippen LogP) is 5.69. The number of halogens is 3. The van der Waals surface area contributed by atoms with E-state index in [4.69, 9.17) is 22.1 Å². The molecule has 2 aromatic heterocycles. The molecule has 1 aliphatic rings. The van der Waals surface area contributed by atoms with E-state index in [-0.39, 0.29) is 40.6 Å². The summed E-state index contributed by atoms with van der Waals surface area (Å²) in [7, 11) is 0. The second kappa shape index (κ2) is 12.6. The summed E-state index contributed by atoms with van der Waals surface area (Å²) in [5, 5.41) is 6.22. The molecule has 0 saturated carbocycles. The molecule has 0 radical (unpaired) electrons. The summed E-state index contributed by atoms with van der Waals surface area (Å²) in [6, 6.07) is 9.19. The number of rotatable bonds is 5. The maximum absolute atomic E-state index is 13.7. The van der Waals surface area contributed by atoms with Crippen LogP contribution < -0.4 is 11.1 Å². The minimum atomic E-state index is -0.748. The monoisotopic (exact) mass is 611 g/mol. The number of nitrogens with zero attached hydrogens (tertiary/aromatic N) is 3. The second-order valence-corrected chi connectivity index (χ2v) is 11.6. The fourth-order valence-corrected chi connectivity index (χ4v) is 4.90. The van der Waals surface area contributed by atoms with Crippen LogP contribution in [0, 0.1) is 18.6 Å².